The first-order valence-corrected chi connectivity index (χ1v) is 14.9. The summed E-state index contributed by atoms with van der Waals surface area (Å²) in [5, 5.41) is 6.34. The van der Waals surface area contributed by atoms with Gasteiger partial charge in [0, 0.05) is 22.1 Å². The highest BCUT2D eigenvalue weighted by Gasteiger charge is 2.17. The molecule has 0 aliphatic heterocycles. The van der Waals surface area contributed by atoms with E-state index in [1.54, 1.807) is 47.2 Å². The summed E-state index contributed by atoms with van der Waals surface area (Å²) in [4.78, 5) is 32.7. The minimum absolute atomic E-state index is 0.0130. The number of carbonyl (C=O) groups is 3. The van der Waals surface area contributed by atoms with Gasteiger partial charge in [0.2, 0.25) is 0 Å². The number of halogens is 4. The molecule has 0 radical (unpaired) electrons. The Morgan fingerprint density at radius 1 is 0.795 bits per heavy atom. The molecule has 3 aromatic rings. The van der Waals surface area contributed by atoms with Crippen LogP contribution in [0.3, 0.4) is 0 Å². The molecule has 0 fully saturated rings. The number of sulfonamides is 1. The van der Waals surface area contributed by atoms with Crippen LogP contribution in [0.15, 0.2) is 71.6 Å². The molecule has 3 rings (SSSR count). The van der Waals surface area contributed by atoms with Crippen molar-refractivity contribution in [3.63, 3.8) is 0 Å². The Kier molecular flexibility index (Phi) is 17.3. The van der Waals surface area contributed by atoms with Crippen LogP contribution in [0.4, 0.5) is 31.4 Å². The predicted octanol–water partition coefficient (Wildman–Crippen LogP) is 6.62. The first-order valence-electron chi connectivity index (χ1n) is 11.8. The van der Waals surface area contributed by atoms with Crippen LogP contribution in [0.1, 0.15) is 0 Å². The van der Waals surface area contributed by atoms with Gasteiger partial charge in [0.1, 0.15) is 0 Å². The fourth-order valence-corrected chi connectivity index (χ4v) is 4.02. The molecule has 0 spiro atoms. The van der Waals surface area contributed by atoms with E-state index in [9.17, 15) is 22.8 Å². The van der Waals surface area contributed by atoms with E-state index in [0.29, 0.717) is 32.1 Å². The Hall–Kier alpha value is -4.06. The number of nitrogens with one attached hydrogen (secondary N) is 3. The molecule has 3 aromatic carbocycles. The molecule has 0 aliphatic carbocycles. The average Bonchev–Trinajstić information content (AvgIpc) is 2.98. The second kappa shape index (κ2) is 20.0. The van der Waals surface area contributed by atoms with Gasteiger partial charge in [0.05, 0.1) is 35.0 Å². The van der Waals surface area contributed by atoms with E-state index in [2.05, 4.69) is 31.9 Å². The van der Waals surface area contributed by atoms with Crippen molar-refractivity contribution in [1.29, 1.82) is 0 Å². The summed E-state index contributed by atoms with van der Waals surface area (Å²) in [6, 6.07) is 17.0. The molecule has 12 nitrogen and oxygen atoms in total. The van der Waals surface area contributed by atoms with Crippen molar-refractivity contribution in [3.05, 3.63) is 81.8 Å². The molecule has 17 heteroatoms. The number of ether oxygens (including phenoxy) is 3. The largest absolute Gasteiger partial charge is 0.453 e. The lowest BCUT2D eigenvalue weighted by atomic mass is 10.3. The van der Waals surface area contributed by atoms with Crippen LogP contribution in [-0.2, 0) is 24.2 Å². The number of hydrogen-bond acceptors (Lipinski definition) is 9. The molecule has 0 saturated carbocycles. The van der Waals surface area contributed by atoms with E-state index >= 15 is 0 Å². The van der Waals surface area contributed by atoms with Crippen LogP contribution >= 0.6 is 46.4 Å². The summed E-state index contributed by atoms with van der Waals surface area (Å²) >= 11 is 22.5. The van der Waals surface area contributed by atoms with Crippen molar-refractivity contribution < 1.29 is 37.0 Å². The quantitative estimate of drug-likeness (QED) is 0.0983. The van der Waals surface area contributed by atoms with Crippen LogP contribution in [0, 0.1) is 11.8 Å². The standard InChI is InChI=1S/C11H9Cl2NO2.C8H7Cl2NO2.C8H10N2O4S/c12-6-1-2-7-16-11(15)14-10-5-3-4-9(13)8-10;1-13-8(12)11-5-2-3-6(9)7(10)4-5;1-14-8(11)10-15(12,13)7-4-2-6(9)3-5-7/h3-5,8H,6-7H2,(H,14,15);2-4H,1H3,(H,11,12);2-5H,9H2,1H3,(H,10,11). The van der Waals surface area contributed by atoms with E-state index in [1.165, 1.54) is 31.4 Å². The molecular weight excluding hydrogens is 682 g/mol. The Balaban J connectivity index is 0.000000332. The fraction of sp³-hybridized carbons (Fsp3) is 0.148. The highest BCUT2D eigenvalue weighted by atomic mass is 35.5. The predicted molar refractivity (Wildman–Crippen MR) is 171 cm³/mol. The summed E-state index contributed by atoms with van der Waals surface area (Å²) in [5.74, 6) is 5.36. The zero-order valence-electron chi connectivity index (χ0n) is 23.0. The second-order valence-electron chi connectivity index (χ2n) is 7.61. The Bertz CT molecular complexity index is 1580. The third-order valence-corrected chi connectivity index (χ3v) is 6.92. The monoisotopic (exact) mass is 706 g/mol. The highest BCUT2D eigenvalue weighted by Crippen LogP contribution is 2.25. The lowest BCUT2D eigenvalue weighted by molar-refractivity contribution is 0.175. The van der Waals surface area contributed by atoms with Gasteiger partial charge >= 0.3 is 18.3 Å². The van der Waals surface area contributed by atoms with Gasteiger partial charge in [-0.25, -0.2) is 27.5 Å². The summed E-state index contributed by atoms with van der Waals surface area (Å²) in [6.07, 6.45) is -2.16. The average molecular weight is 708 g/mol. The van der Waals surface area contributed by atoms with Gasteiger partial charge in [0.25, 0.3) is 10.0 Å². The molecular formula is C27H26Cl4N4O8S. The molecule has 0 heterocycles. The molecule has 5 N–H and O–H groups in total. The van der Waals surface area contributed by atoms with Crippen LogP contribution in [-0.4, -0.2) is 53.4 Å². The zero-order valence-corrected chi connectivity index (χ0v) is 26.9. The second-order valence-corrected chi connectivity index (χ2v) is 10.8. The lowest BCUT2D eigenvalue weighted by Crippen LogP contribution is -2.30. The molecule has 3 amide bonds. The molecule has 236 valence electrons. The van der Waals surface area contributed by atoms with Crippen molar-refractivity contribution in [3.8, 4) is 11.8 Å². The van der Waals surface area contributed by atoms with E-state index in [-0.39, 0.29) is 17.4 Å². The van der Waals surface area contributed by atoms with Crippen molar-refractivity contribution in [2.75, 3.05) is 43.1 Å². The third-order valence-electron chi connectivity index (χ3n) is 4.48. The van der Waals surface area contributed by atoms with Crippen molar-refractivity contribution in [2.45, 2.75) is 4.90 Å². The summed E-state index contributed by atoms with van der Waals surface area (Å²) in [7, 11) is -1.51. The number of carbonyl (C=O) groups excluding carboxylic acids is 3. The van der Waals surface area contributed by atoms with Gasteiger partial charge in [-0.05, 0) is 60.7 Å². The first-order chi connectivity index (χ1) is 20.8. The summed E-state index contributed by atoms with van der Waals surface area (Å²) in [5.41, 5.74) is 6.94. The molecule has 44 heavy (non-hydrogen) atoms. The van der Waals surface area contributed by atoms with E-state index in [0.717, 1.165) is 7.11 Å². The number of hydrogen-bond donors (Lipinski definition) is 4. The Morgan fingerprint density at radius 2 is 1.41 bits per heavy atom. The fourth-order valence-electron chi connectivity index (χ4n) is 2.52. The number of alkyl halides is 1. The van der Waals surface area contributed by atoms with Crippen molar-refractivity contribution in [2.24, 2.45) is 0 Å². The maximum Gasteiger partial charge on any atom is 0.420 e. The number of rotatable bonds is 5. The Morgan fingerprint density at radius 3 is 1.98 bits per heavy atom. The summed E-state index contributed by atoms with van der Waals surface area (Å²) in [6.45, 7) is 0.0130. The minimum Gasteiger partial charge on any atom is -0.453 e. The highest BCUT2D eigenvalue weighted by molar-refractivity contribution is 7.90. The first kappa shape index (κ1) is 38.0. The number of nitrogen functional groups attached to an aromatic ring is 1. The van der Waals surface area contributed by atoms with Crippen LogP contribution in [0.2, 0.25) is 15.1 Å². The smallest absolute Gasteiger partial charge is 0.420 e. The van der Waals surface area contributed by atoms with Gasteiger partial charge in [-0.1, -0.05) is 52.7 Å². The Labute approximate surface area is 274 Å². The SMILES string of the molecule is COC(=O)NS(=O)(=O)c1ccc(N)cc1.COC(=O)Nc1ccc(Cl)c(Cl)c1.O=C(Nc1cccc(Cl)c1)OCC#CCCl. The topological polar surface area (TPSA) is 175 Å². The molecule has 0 bridgehead atoms. The van der Waals surface area contributed by atoms with Crippen LogP contribution < -0.4 is 21.1 Å². The van der Waals surface area contributed by atoms with Gasteiger partial charge in [0.15, 0.2) is 6.61 Å². The van der Waals surface area contributed by atoms with E-state index in [4.69, 9.17) is 56.9 Å². The molecule has 0 aliphatic rings. The molecule has 0 saturated heterocycles. The number of nitrogens with two attached hydrogens (primary N) is 1. The van der Waals surface area contributed by atoms with Crippen molar-refractivity contribution >= 4 is 91.8 Å². The van der Waals surface area contributed by atoms with Gasteiger partial charge in [-0.15, -0.1) is 11.6 Å². The van der Waals surface area contributed by atoms with E-state index in [1.807, 2.05) is 0 Å². The third kappa shape index (κ3) is 15.4. The zero-order chi connectivity index (χ0) is 33.1. The molecule has 0 aromatic heterocycles. The van der Waals surface area contributed by atoms with Gasteiger partial charge in [-0.2, -0.15) is 0 Å². The maximum absolute atomic E-state index is 11.5. The molecule has 0 unspecified atom stereocenters. The number of benzene rings is 3. The number of anilines is 3. The van der Waals surface area contributed by atoms with E-state index < -0.39 is 28.3 Å². The van der Waals surface area contributed by atoms with Gasteiger partial charge < -0.3 is 19.9 Å². The minimum atomic E-state index is -3.87. The number of amides is 3. The normalized spacial score (nSPS) is 9.68. The molecule has 0 atom stereocenters. The summed E-state index contributed by atoms with van der Waals surface area (Å²) < 4.78 is 38.0. The van der Waals surface area contributed by atoms with Gasteiger partial charge in [-0.3, -0.25) is 10.6 Å². The maximum atomic E-state index is 11.5. The number of methoxy groups -OCH3 is 2. The van der Waals surface area contributed by atoms with Crippen LogP contribution in [0.5, 0.6) is 0 Å². The van der Waals surface area contributed by atoms with Crippen molar-refractivity contribution in [1.82, 2.24) is 4.72 Å². The van der Waals surface area contributed by atoms with Crippen LogP contribution in [0.25, 0.3) is 0 Å². The lowest BCUT2D eigenvalue weighted by Gasteiger charge is -2.05.